The highest BCUT2D eigenvalue weighted by molar-refractivity contribution is 5.92. The van der Waals surface area contributed by atoms with Gasteiger partial charge in [0.1, 0.15) is 0 Å². The van der Waals surface area contributed by atoms with Crippen molar-refractivity contribution in [3.05, 3.63) is 65.2 Å². The normalized spacial score (nSPS) is 14.6. The molecule has 184 valence electrons. The fourth-order valence-corrected chi connectivity index (χ4v) is 3.85. The number of hydrogen-bond donors (Lipinski definition) is 3. The van der Waals surface area contributed by atoms with Crippen molar-refractivity contribution in [3.63, 3.8) is 0 Å². The number of piperazine rings is 1. The van der Waals surface area contributed by atoms with Crippen LogP contribution < -0.4 is 21.3 Å². The number of nitrogens with one attached hydrogen (secondary N) is 2. The third-order valence-corrected chi connectivity index (χ3v) is 5.76. The number of nitrogens with zero attached hydrogens (tertiary/aromatic N) is 2. The fourth-order valence-electron chi connectivity index (χ4n) is 3.85. The molecule has 0 bridgehead atoms. The van der Waals surface area contributed by atoms with Crippen molar-refractivity contribution in [3.8, 4) is 0 Å². The average Bonchev–Trinajstić information content (AvgIpc) is 2.82. The Kier molecular flexibility index (Phi) is 8.75. The smallest absolute Gasteiger partial charge is 0.369 e. The van der Waals surface area contributed by atoms with Gasteiger partial charge < -0.3 is 21.3 Å². The summed E-state index contributed by atoms with van der Waals surface area (Å²) < 4.78 is 38.8. The number of carbonyl (C=O) groups excluding carboxylic acids is 2. The minimum absolute atomic E-state index is 0.279. The standard InChI is InChI=1S/C24H30F3N5O2/c25-24(26,27)20-7-4-8-21(16-20)32-13-11-31(12-14-32)10-2-1-9-29-23(34)30-17-18-5-3-6-19(15-18)22(28)33/h3-8,15-16H,1-2,9-14,17H2,(H2,28,33)(H2,29,30,34). The molecular weight excluding hydrogens is 447 g/mol. The van der Waals surface area contributed by atoms with Gasteiger partial charge in [-0.3, -0.25) is 9.69 Å². The van der Waals surface area contributed by atoms with E-state index in [1.807, 2.05) is 4.90 Å². The molecule has 10 heteroatoms. The summed E-state index contributed by atoms with van der Waals surface area (Å²) in [7, 11) is 0. The van der Waals surface area contributed by atoms with E-state index in [9.17, 15) is 22.8 Å². The van der Waals surface area contributed by atoms with Crippen LogP contribution in [0.4, 0.5) is 23.7 Å². The zero-order chi connectivity index (χ0) is 24.6. The van der Waals surface area contributed by atoms with Crippen LogP contribution in [-0.4, -0.2) is 56.1 Å². The van der Waals surface area contributed by atoms with E-state index in [0.29, 0.717) is 37.4 Å². The second-order valence-electron chi connectivity index (χ2n) is 8.26. The molecule has 34 heavy (non-hydrogen) atoms. The Balaban J connectivity index is 1.29. The molecule has 2 aromatic rings. The molecule has 3 rings (SSSR count). The molecule has 4 N–H and O–H groups in total. The molecule has 0 aliphatic carbocycles. The highest BCUT2D eigenvalue weighted by Gasteiger charge is 2.31. The SMILES string of the molecule is NC(=O)c1cccc(CNC(=O)NCCCCN2CCN(c3cccc(C(F)(F)F)c3)CC2)c1. The van der Waals surface area contributed by atoms with E-state index in [2.05, 4.69) is 15.5 Å². The summed E-state index contributed by atoms with van der Waals surface area (Å²) in [6.07, 6.45) is -2.61. The minimum Gasteiger partial charge on any atom is -0.369 e. The van der Waals surface area contributed by atoms with Gasteiger partial charge in [-0.1, -0.05) is 18.2 Å². The highest BCUT2D eigenvalue weighted by Crippen LogP contribution is 2.31. The van der Waals surface area contributed by atoms with Gasteiger partial charge in [0.25, 0.3) is 0 Å². The lowest BCUT2D eigenvalue weighted by Crippen LogP contribution is -2.46. The van der Waals surface area contributed by atoms with Crippen LogP contribution >= 0.6 is 0 Å². The Labute approximate surface area is 197 Å². The van der Waals surface area contributed by atoms with Gasteiger partial charge in [-0.15, -0.1) is 0 Å². The van der Waals surface area contributed by atoms with Gasteiger partial charge in [0, 0.05) is 50.5 Å². The summed E-state index contributed by atoms with van der Waals surface area (Å²) >= 11 is 0. The molecule has 0 atom stereocenters. The topological polar surface area (TPSA) is 90.7 Å². The summed E-state index contributed by atoms with van der Waals surface area (Å²) in [5.41, 5.74) is 6.42. The maximum Gasteiger partial charge on any atom is 0.416 e. The van der Waals surface area contributed by atoms with Crippen LogP contribution in [0.3, 0.4) is 0 Å². The first-order valence-electron chi connectivity index (χ1n) is 11.3. The minimum atomic E-state index is -4.33. The van der Waals surface area contributed by atoms with Crippen LogP contribution in [0.25, 0.3) is 0 Å². The van der Waals surface area contributed by atoms with E-state index >= 15 is 0 Å². The van der Waals surface area contributed by atoms with Gasteiger partial charge in [-0.2, -0.15) is 13.2 Å². The van der Waals surface area contributed by atoms with Crippen LogP contribution in [-0.2, 0) is 12.7 Å². The van der Waals surface area contributed by atoms with Crippen molar-refractivity contribution in [2.75, 3.05) is 44.2 Å². The molecule has 7 nitrogen and oxygen atoms in total. The van der Waals surface area contributed by atoms with Crippen LogP contribution in [0.1, 0.15) is 34.3 Å². The number of anilines is 1. The third-order valence-electron chi connectivity index (χ3n) is 5.76. The molecule has 0 radical (unpaired) electrons. The maximum atomic E-state index is 12.9. The number of halogens is 3. The first kappa shape index (κ1) is 25.4. The molecule has 0 unspecified atom stereocenters. The van der Waals surface area contributed by atoms with Crippen LogP contribution in [0.2, 0.25) is 0 Å². The lowest BCUT2D eigenvalue weighted by atomic mass is 10.1. The number of hydrogen-bond acceptors (Lipinski definition) is 4. The number of alkyl halides is 3. The first-order chi connectivity index (χ1) is 16.2. The molecule has 0 aromatic heterocycles. The molecule has 1 aliphatic rings. The number of benzene rings is 2. The Hall–Kier alpha value is -3.27. The van der Waals surface area contributed by atoms with E-state index < -0.39 is 17.6 Å². The average molecular weight is 478 g/mol. The lowest BCUT2D eigenvalue weighted by Gasteiger charge is -2.36. The number of rotatable bonds is 9. The number of primary amides is 1. The molecular formula is C24H30F3N5O2. The Morgan fingerprint density at radius 2 is 1.68 bits per heavy atom. The van der Waals surface area contributed by atoms with Gasteiger partial charge in [0.15, 0.2) is 0 Å². The van der Waals surface area contributed by atoms with Gasteiger partial charge in [0.2, 0.25) is 5.91 Å². The monoisotopic (exact) mass is 477 g/mol. The number of urea groups is 1. The Morgan fingerprint density at radius 1 is 0.941 bits per heavy atom. The van der Waals surface area contributed by atoms with Gasteiger partial charge in [-0.25, -0.2) is 4.79 Å². The molecule has 0 spiro atoms. The van der Waals surface area contributed by atoms with Gasteiger partial charge >= 0.3 is 12.2 Å². The lowest BCUT2D eigenvalue weighted by molar-refractivity contribution is -0.137. The molecule has 2 aromatic carbocycles. The summed E-state index contributed by atoms with van der Waals surface area (Å²) in [5, 5.41) is 5.56. The molecule has 1 saturated heterocycles. The molecule has 3 amide bonds. The van der Waals surface area contributed by atoms with Crippen molar-refractivity contribution >= 4 is 17.6 Å². The molecule has 1 heterocycles. The summed E-state index contributed by atoms with van der Waals surface area (Å²) in [5.74, 6) is -0.511. The van der Waals surface area contributed by atoms with Crippen molar-refractivity contribution in [1.82, 2.24) is 15.5 Å². The Bertz CT molecular complexity index is 975. The molecule has 1 aliphatic heterocycles. The van der Waals surface area contributed by atoms with Crippen molar-refractivity contribution in [2.45, 2.75) is 25.6 Å². The van der Waals surface area contributed by atoms with Gasteiger partial charge in [-0.05, 0) is 55.3 Å². The van der Waals surface area contributed by atoms with E-state index in [1.54, 1.807) is 30.3 Å². The number of nitrogens with two attached hydrogens (primary N) is 1. The zero-order valence-corrected chi connectivity index (χ0v) is 18.9. The van der Waals surface area contributed by atoms with Crippen molar-refractivity contribution in [2.24, 2.45) is 5.73 Å². The van der Waals surface area contributed by atoms with Gasteiger partial charge in [0.05, 0.1) is 5.56 Å². The first-order valence-corrected chi connectivity index (χ1v) is 11.3. The number of unbranched alkanes of at least 4 members (excludes halogenated alkanes) is 1. The highest BCUT2D eigenvalue weighted by atomic mass is 19.4. The Morgan fingerprint density at radius 3 is 2.38 bits per heavy atom. The molecule has 1 fully saturated rings. The quantitative estimate of drug-likeness (QED) is 0.484. The summed E-state index contributed by atoms with van der Waals surface area (Å²) in [4.78, 5) is 27.4. The van der Waals surface area contributed by atoms with E-state index in [0.717, 1.165) is 44.1 Å². The van der Waals surface area contributed by atoms with E-state index in [1.165, 1.54) is 12.1 Å². The predicted octanol–water partition coefficient (Wildman–Crippen LogP) is 3.21. The largest absolute Gasteiger partial charge is 0.416 e. The van der Waals surface area contributed by atoms with Crippen LogP contribution in [0, 0.1) is 0 Å². The third kappa shape index (κ3) is 7.65. The molecule has 0 saturated carbocycles. The van der Waals surface area contributed by atoms with Crippen molar-refractivity contribution < 1.29 is 22.8 Å². The summed E-state index contributed by atoms with van der Waals surface area (Å²) in [6, 6.07) is 12.0. The van der Waals surface area contributed by atoms with Crippen molar-refractivity contribution in [1.29, 1.82) is 0 Å². The second kappa shape index (κ2) is 11.7. The van der Waals surface area contributed by atoms with E-state index in [-0.39, 0.29) is 6.03 Å². The fraction of sp³-hybridized carbons (Fsp3) is 0.417. The number of amides is 3. The summed E-state index contributed by atoms with van der Waals surface area (Å²) in [6.45, 7) is 4.64. The maximum absolute atomic E-state index is 12.9. The van der Waals surface area contributed by atoms with Crippen LogP contribution in [0.5, 0.6) is 0 Å². The zero-order valence-electron chi connectivity index (χ0n) is 18.9. The number of carbonyl (C=O) groups is 2. The van der Waals surface area contributed by atoms with E-state index in [4.69, 9.17) is 5.73 Å². The predicted molar refractivity (Wildman–Crippen MR) is 125 cm³/mol. The van der Waals surface area contributed by atoms with Crippen LogP contribution in [0.15, 0.2) is 48.5 Å². The second-order valence-corrected chi connectivity index (χ2v) is 8.26.